The van der Waals surface area contributed by atoms with Gasteiger partial charge in [-0.1, -0.05) is 0 Å². The second kappa shape index (κ2) is 6.54. The predicted octanol–water partition coefficient (Wildman–Crippen LogP) is 3.28. The number of hydrogen-bond donors (Lipinski definition) is 1. The van der Waals surface area contributed by atoms with Gasteiger partial charge in [-0.15, -0.1) is 11.3 Å². The number of rotatable bonds is 5. The predicted molar refractivity (Wildman–Crippen MR) is 87.4 cm³/mol. The van der Waals surface area contributed by atoms with Gasteiger partial charge < -0.3 is 10.1 Å². The third kappa shape index (κ3) is 3.24. The van der Waals surface area contributed by atoms with Gasteiger partial charge in [0.1, 0.15) is 5.75 Å². The van der Waals surface area contributed by atoms with Gasteiger partial charge in [0.25, 0.3) is 0 Å². The summed E-state index contributed by atoms with van der Waals surface area (Å²) in [6.45, 7) is 8.21. The zero-order valence-corrected chi connectivity index (χ0v) is 14.4. The molecule has 0 saturated carbocycles. The minimum Gasteiger partial charge on any atom is -0.496 e. The van der Waals surface area contributed by atoms with Gasteiger partial charge in [-0.2, -0.15) is 0 Å². The maximum atomic E-state index is 5.50. The molecule has 0 aliphatic carbocycles. The number of aromatic nitrogens is 2. The SMILES string of the molecule is CNC(Cc1ncc(C)c(OC)c1C)c1sc(C)nc1C. The van der Waals surface area contributed by atoms with Crippen LogP contribution in [0.1, 0.15) is 38.4 Å². The molecular weight excluding hydrogens is 282 g/mol. The largest absolute Gasteiger partial charge is 0.496 e. The van der Waals surface area contributed by atoms with E-state index < -0.39 is 0 Å². The van der Waals surface area contributed by atoms with Crippen LogP contribution in [0.4, 0.5) is 0 Å². The molecule has 21 heavy (non-hydrogen) atoms. The lowest BCUT2D eigenvalue weighted by atomic mass is 10.0. The number of likely N-dealkylation sites (N-methyl/N-ethyl adjacent to an activating group) is 1. The van der Waals surface area contributed by atoms with Crippen LogP contribution in [0.3, 0.4) is 0 Å². The van der Waals surface area contributed by atoms with Gasteiger partial charge in [-0.05, 0) is 34.7 Å². The summed E-state index contributed by atoms with van der Waals surface area (Å²) < 4.78 is 5.50. The maximum absolute atomic E-state index is 5.50. The van der Waals surface area contributed by atoms with Crippen molar-refractivity contribution in [2.24, 2.45) is 0 Å². The lowest BCUT2D eigenvalue weighted by molar-refractivity contribution is 0.406. The van der Waals surface area contributed by atoms with Crippen molar-refractivity contribution in [1.82, 2.24) is 15.3 Å². The minimum atomic E-state index is 0.231. The molecule has 0 fully saturated rings. The first kappa shape index (κ1) is 15.9. The van der Waals surface area contributed by atoms with Crippen molar-refractivity contribution in [2.45, 2.75) is 40.2 Å². The van der Waals surface area contributed by atoms with E-state index in [1.165, 1.54) is 4.88 Å². The molecule has 0 spiro atoms. The number of nitrogens with one attached hydrogen (secondary N) is 1. The number of thiazole rings is 1. The van der Waals surface area contributed by atoms with E-state index in [-0.39, 0.29) is 6.04 Å². The summed E-state index contributed by atoms with van der Waals surface area (Å²) in [5, 5.41) is 4.50. The fourth-order valence-corrected chi connectivity index (χ4v) is 3.70. The zero-order chi connectivity index (χ0) is 15.6. The molecule has 4 nitrogen and oxygen atoms in total. The molecule has 2 rings (SSSR count). The lowest BCUT2D eigenvalue weighted by Crippen LogP contribution is -2.20. The van der Waals surface area contributed by atoms with Crippen molar-refractivity contribution in [3.63, 3.8) is 0 Å². The van der Waals surface area contributed by atoms with E-state index in [2.05, 4.69) is 29.1 Å². The Balaban J connectivity index is 2.33. The van der Waals surface area contributed by atoms with Crippen LogP contribution in [0.15, 0.2) is 6.20 Å². The van der Waals surface area contributed by atoms with Crippen molar-refractivity contribution in [1.29, 1.82) is 0 Å². The molecule has 0 amide bonds. The molecule has 2 heterocycles. The topological polar surface area (TPSA) is 47.0 Å². The monoisotopic (exact) mass is 305 g/mol. The van der Waals surface area contributed by atoms with Crippen LogP contribution < -0.4 is 10.1 Å². The summed E-state index contributed by atoms with van der Waals surface area (Å²) in [6.07, 6.45) is 2.72. The Hall–Kier alpha value is -1.46. The third-order valence-corrected chi connectivity index (χ3v) is 4.94. The first-order valence-electron chi connectivity index (χ1n) is 7.08. The fraction of sp³-hybridized carbons (Fsp3) is 0.500. The molecule has 0 aliphatic heterocycles. The molecular formula is C16H23N3OS. The van der Waals surface area contributed by atoms with E-state index in [1.807, 2.05) is 27.1 Å². The van der Waals surface area contributed by atoms with Crippen LogP contribution in [-0.4, -0.2) is 24.1 Å². The van der Waals surface area contributed by atoms with E-state index in [1.54, 1.807) is 18.4 Å². The Kier molecular flexibility index (Phi) is 4.96. The molecule has 0 aromatic carbocycles. The second-order valence-electron chi connectivity index (χ2n) is 5.27. The molecule has 2 aromatic rings. The van der Waals surface area contributed by atoms with E-state index >= 15 is 0 Å². The van der Waals surface area contributed by atoms with Gasteiger partial charge in [0.15, 0.2) is 0 Å². The van der Waals surface area contributed by atoms with Gasteiger partial charge in [0.05, 0.1) is 17.8 Å². The molecule has 114 valence electrons. The van der Waals surface area contributed by atoms with Crippen molar-refractivity contribution in [3.05, 3.63) is 38.6 Å². The zero-order valence-electron chi connectivity index (χ0n) is 13.6. The van der Waals surface area contributed by atoms with Crippen molar-refractivity contribution < 1.29 is 4.74 Å². The first-order valence-corrected chi connectivity index (χ1v) is 7.89. The van der Waals surface area contributed by atoms with Crippen LogP contribution in [0.5, 0.6) is 5.75 Å². The highest BCUT2D eigenvalue weighted by Gasteiger charge is 2.19. The summed E-state index contributed by atoms with van der Waals surface area (Å²) in [6, 6.07) is 0.231. The smallest absolute Gasteiger partial charge is 0.128 e. The van der Waals surface area contributed by atoms with Crippen LogP contribution >= 0.6 is 11.3 Å². The van der Waals surface area contributed by atoms with E-state index in [0.29, 0.717) is 0 Å². The quantitative estimate of drug-likeness (QED) is 0.921. The summed E-state index contributed by atoms with van der Waals surface area (Å²) in [5.74, 6) is 0.937. The molecule has 0 radical (unpaired) electrons. The molecule has 1 atom stereocenters. The highest BCUT2D eigenvalue weighted by molar-refractivity contribution is 7.11. The molecule has 1 unspecified atom stereocenters. The van der Waals surface area contributed by atoms with E-state index in [0.717, 1.165) is 39.7 Å². The van der Waals surface area contributed by atoms with Crippen molar-refractivity contribution in [2.75, 3.05) is 14.2 Å². The lowest BCUT2D eigenvalue weighted by Gasteiger charge is -2.18. The molecule has 0 aliphatic rings. The Labute approximate surface area is 130 Å². The Morgan fingerprint density at radius 1 is 1.29 bits per heavy atom. The molecule has 1 N–H and O–H groups in total. The molecule has 0 saturated heterocycles. The van der Waals surface area contributed by atoms with Crippen LogP contribution in [0, 0.1) is 27.7 Å². The summed E-state index contributed by atoms with van der Waals surface area (Å²) in [7, 11) is 3.70. The standard InChI is InChI=1S/C16H23N3OS/c1-9-8-18-13(10(2)15(9)20-6)7-14(17-5)16-11(3)19-12(4)21-16/h8,14,17H,7H2,1-6H3. The number of pyridine rings is 1. The van der Waals surface area contributed by atoms with Crippen LogP contribution in [0.2, 0.25) is 0 Å². The van der Waals surface area contributed by atoms with Crippen molar-refractivity contribution in [3.8, 4) is 5.75 Å². The number of methoxy groups -OCH3 is 1. The van der Waals surface area contributed by atoms with E-state index in [4.69, 9.17) is 4.74 Å². The highest BCUT2D eigenvalue weighted by Crippen LogP contribution is 2.30. The molecule has 5 heteroatoms. The van der Waals surface area contributed by atoms with Gasteiger partial charge in [-0.25, -0.2) is 4.98 Å². The molecule has 2 aromatic heterocycles. The maximum Gasteiger partial charge on any atom is 0.128 e. The van der Waals surface area contributed by atoms with Crippen LogP contribution in [0.25, 0.3) is 0 Å². The van der Waals surface area contributed by atoms with Crippen molar-refractivity contribution >= 4 is 11.3 Å². The summed E-state index contributed by atoms with van der Waals surface area (Å²) in [5.41, 5.74) is 4.37. The minimum absolute atomic E-state index is 0.231. The second-order valence-corrected chi connectivity index (χ2v) is 6.51. The Bertz CT molecular complexity index is 637. The van der Waals surface area contributed by atoms with E-state index in [9.17, 15) is 0 Å². The summed E-state index contributed by atoms with van der Waals surface area (Å²) in [4.78, 5) is 10.4. The van der Waals surface area contributed by atoms with Gasteiger partial charge in [-0.3, -0.25) is 4.98 Å². The van der Waals surface area contributed by atoms with Gasteiger partial charge >= 0.3 is 0 Å². The number of aryl methyl sites for hydroxylation is 3. The highest BCUT2D eigenvalue weighted by atomic mass is 32.1. The average Bonchev–Trinajstić information content (AvgIpc) is 2.77. The van der Waals surface area contributed by atoms with Crippen LogP contribution in [-0.2, 0) is 6.42 Å². The molecule has 0 bridgehead atoms. The third-order valence-electron chi connectivity index (χ3n) is 3.75. The van der Waals surface area contributed by atoms with Gasteiger partial charge in [0.2, 0.25) is 0 Å². The Morgan fingerprint density at radius 3 is 2.52 bits per heavy atom. The van der Waals surface area contributed by atoms with Gasteiger partial charge in [0, 0.05) is 40.4 Å². The fourth-order valence-electron chi connectivity index (χ4n) is 2.67. The average molecular weight is 305 g/mol. The normalized spacial score (nSPS) is 12.5. The Morgan fingerprint density at radius 2 is 2.00 bits per heavy atom. The first-order chi connectivity index (χ1) is 9.97. The number of hydrogen-bond acceptors (Lipinski definition) is 5. The summed E-state index contributed by atoms with van der Waals surface area (Å²) >= 11 is 1.75. The number of ether oxygens (including phenoxy) is 1. The number of nitrogens with zero attached hydrogens (tertiary/aromatic N) is 2.